The Morgan fingerprint density at radius 1 is 1.32 bits per heavy atom. The van der Waals surface area contributed by atoms with Crippen molar-refractivity contribution < 1.29 is 19.5 Å². The number of methoxy groups -OCH3 is 1. The third kappa shape index (κ3) is 2.01. The highest BCUT2D eigenvalue weighted by atomic mass is 16.5. The van der Waals surface area contributed by atoms with Crippen LogP contribution in [0.1, 0.15) is 21.7 Å². The van der Waals surface area contributed by atoms with Gasteiger partial charge in [-0.3, -0.25) is 0 Å². The van der Waals surface area contributed by atoms with Crippen molar-refractivity contribution in [1.82, 2.24) is 4.73 Å². The van der Waals surface area contributed by atoms with Gasteiger partial charge in [0.2, 0.25) is 0 Å². The molecule has 0 aliphatic heterocycles. The topological polar surface area (TPSA) is 78.4 Å². The van der Waals surface area contributed by atoms with Crippen molar-refractivity contribution in [1.29, 1.82) is 0 Å². The average molecular weight is 262 g/mol. The third-order valence-corrected chi connectivity index (χ3v) is 3.10. The molecule has 0 aliphatic rings. The maximum Gasteiger partial charge on any atom is 0.337 e. The quantitative estimate of drug-likeness (QED) is 0.384. The van der Waals surface area contributed by atoms with Crippen molar-refractivity contribution in [2.45, 2.75) is 13.8 Å². The molecule has 2 aromatic rings. The van der Waals surface area contributed by atoms with Crippen LogP contribution in [-0.2, 0) is 4.74 Å². The van der Waals surface area contributed by atoms with Gasteiger partial charge in [0.05, 0.1) is 18.2 Å². The van der Waals surface area contributed by atoms with E-state index >= 15 is 0 Å². The summed E-state index contributed by atoms with van der Waals surface area (Å²) in [6.45, 7) is 3.28. The number of esters is 1. The van der Waals surface area contributed by atoms with Gasteiger partial charge in [0.15, 0.2) is 5.69 Å². The molecule has 6 nitrogen and oxygen atoms in total. The van der Waals surface area contributed by atoms with Gasteiger partial charge < -0.3 is 15.2 Å². The van der Waals surface area contributed by atoms with Crippen LogP contribution in [0.4, 0.5) is 0 Å². The Bertz CT molecular complexity index is 604. The molecule has 0 radical (unpaired) electrons. The molecule has 0 fully saturated rings. The number of carbonyl (C=O) groups excluding carboxylic acids is 1. The second-order valence-electron chi connectivity index (χ2n) is 4.17. The Morgan fingerprint density at radius 2 is 1.89 bits per heavy atom. The number of aromatic nitrogens is 2. The predicted octanol–water partition coefficient (Wildman–Crippen LogP) is 1.43. The lowest BCUT2D eigenvalue weighted by molar-refractivity contribution is -0.600. The number of benzene rings is 1. The Kier molecular flexibility index (Phi) is 3.16. The van der Waals surface area contributed by atoms with Crippen LogP contribution in [0.15, 0.2) is 24.3 Å². The maximum absolute atomic E-state index is 11.9. The summed E-state index contributed by atoms with van der Waals surface area (Å²) in [5, 5.41) is 21.8. The van der Waals surface area contributed by atoms with Crippen LogP contribution < -0.4 is 4.73 Å². The van der Waals surface area contributed by atoms with E-state index in [4.69, 9.17) is 0 Å². The van der Waals surface area contributed by atoms with E-state index in [1.54, 1.807) is 38.1 Å². The molecule has 2 rings (SSSR count). The molecule has 0 saturated carbocycles. The standard InChI is InChI=1S/C13H14N2O4/c1-8-9(2)15(18)12(14(8)17)10-4-6-11(7-5-10)13(16)19-3/h4-7,17H,1-3H3. The molecule has 0 saturated heterocycles. The fraction of sp³-hybridized carbons (Fsp3) is 0.231. The van der Waals surface area contributed by atoms with Crippen molar-refractivity contribution in [3.05, 3.63) is 46.4 Å². The number of carbonyl (C=O) groups is 1. The first kappa shape index (κ1) is 12.9. The maximum atomic E-state index is 11.9. The number of imidazole rings is 1. The summed E-state index contributed by atoms with van der Waals surface area (Å²) in [5.41, 5.74) is 1.80. The van der Waals surface area contributed by atoms with Gasteiger partial charge in [-0.1, -0.05) is 0 Å². The lowest BCUT2D eigenvalue weighted by Crippen LogP contribution is -2.30. The highest BCUT2D eigenvalue weighted by Crippen LogP contribution is 2.19. The van der Waals surface area contributed by atoms with Crippen LogP contribution in [0.25, 0.3) is 11.4 Å². The summed E-state index contributed by atoms with van der Waals surface area (Å²) in [6, 6.07) is 6.25. The summed E-state index contributed by atoms with van der Waals surface area (Å²) in [7, 11) is 1.30. The Morgan fingerprint density at radius 3 is 2.32 bits per heavy atom. The molecule has 0 aliphatic carbocycles. The fourth-order valence-electron chi connectivity index (χ4n) is 1.82. The van der Waals surface area contributed by atoms with Gasteiger partial charge in [0.25, 0.3) is 0 Å². The predicted molar refractivity (Wildman–Crippen MR) is 66.8 cm³/mol. The van der Waals surface area contributed by atoms with Crippen LogP contribution in [0.3, 0.4) is 0 Å². The molecule has 100 valence electrons. The molecule has 1 N–H and O–H groups in total. The van der Waals surface area contributed by atoms with Crippen molar-refractivity contribution >= 4 is 5.97 Å². The number of ether oxygens (including phenoxy) is 1. The summed E-state index contributed by atoms with van der Waals surface area (Å²) >= 11 is 0. The second-order valence-corrected chi connectivity index (χ2v) is 4.17. The summed E-state index contributed by atoms with van der Waals surface area (Å²) in [4.78, 5) is 11.3. The van der Waals surface area contributed by atoms with Gasteiger partial charge in [0, 0.05) is 13.8 Å². The van der Waals surface area contributed by atoms with Gasteiger partial charge >= 0.3 is 11.8 Å². The molecule has 1 aromatic carbocycles. The van der Waals surface area contributed by atoms with E-state index in [2.05, 4.69) is 4.74 Å². The van der Waals surface area contributed by atoms with E-state index in [1.807, 2.05) is 0 Å². The van der Waals surface area contributed by atoms with E-state index in [0.29, 0.717) is 27.2 Å². The largest absolute Gasteiger partial charge is 0.710 e. The van der Waals surface area contributed by atoms with Gasteiger partial charge in [-0.2, -0.15) is 0 Å². The van der Waals surface area contributed by atoms with E-state index in [1.165, 1.54) is 7.11 Å². The van der Waals surface area contributed by atoms with Crippen molar-refractivity contribution in [3.8, 4) is 11.4 Å². The molecule has 0 amide bonds. The normalized spacial score (nSPS) is 10.5. The molecule has 0 atom stereocenters. The van der Waals surface area contributed by atoms with Crippen molar-refractivity contribution in [2.75, 3.05) is 7.11 Å². The van der Waals surface area contributed by atoms with Crippen LogP contribution in [0, 0.1) is 19.1 Å². The highest BCUT2D eigenvalue weighted by Gasteiger charge is 2.23. The smallest absolute Gasteiger partial charge is 0.337 e. The molecule has 0 spiro atoms. The van der Waals surface area contributed by atoms with Crippen LogP contribution in [0.5, 0.6) is 0 Å². The molecule has 6 heteroatoms. The van der Waals surface area contributed by atoms with Crippen molar-refractivity contribution in [3.63, 3.8) is 0 Å². The minimum atomic E-state index is -0.451. The van der Waals surface area contributed by atoms with Crippen LogP contribution in [0.2, 0.25) is 0 Å². The van der Waals surface area contributed by atoms with Gasteiger partial charge in [-0.05, 0) is 29.0 Å². The molecule has 1 heterocycles. The van der Waals surface area contributed by atoms with E-state index in [9.17, 15) is 15.2 Å². The lowest BCUT2D eigenvalue weighted by atomic mass is 10.1. The number of hydrogen-bond acceptors (Lipinski definition) is 4. The molecule has 1 aromatic heterocycles. The molecule has 19 heavy (non-hydrogen) atoms. The minimum absolute atomic E-state index is 0.117. The third-order valence-electron chi connectivity index (χ3n) is 3.10. The average Bonchev–Trinajstić information content (AvgIpc) is 2.62. The van der Waals surface area contributed by atoms with Crippen LogP contribution in [-0.4, -0.2) is 23.0 Å². The monoisotopic (exact) mass is 262 g/mol. The first-order chi connectivity index (χ1) is 8.97. The van der Waals surface area contributed by atoms with E-state index in [0.717, 1.165) is 4.73 Å². The highest BCUT2D eigenvalue weighted by molar-refractivity contribution is 5.89. The molecular weight excluding hydrogens is 248 g/mol. The zero-order chi connectivity index (χ0) is 14.2. The Labute approximate surface area is 110 Å². The SMILES string of the molecule is COC(=O)c1ccc(-c2n(O)c(C)c(C)[n+]2[O-])cc1. The first-order valence-corrected chi connectivity index (χ1v) is 5.66. The number of hydrogen-bond donors (Lipinski definition) is 1. The van der Waals surface area contributed by atoms with Crippen LogP contribution >= 0.6 is 0 Å². The van der Waals surface area contributed by atoms with Gasteiger partial charge in [-0.25, -0.2) is 9.52 Å². The minimum Gasteiger partial charge on any atom is -0.710 e. The molecule has 0 bridgehead atoms. The summed E-state index contributed by atoms with van der Waals surface area (Å²) < 4.78 is 6.09. The molecule has 0 unspecified atom stereocenters. The molecular formula is C13H14N2O4. The Hall–Kier alpha value is -2.50. The summed E-state index contributed by atoms with van der Waals surface area (Å²) in [5.74, 6) is -0.334. The van der Waals surface area contributed by atoms with Gasteiger partial charge in [0.1, 0.15) is 5.69 Å². The fourth-order valence-corrected chi connectivity index (χ4v) is 1.82. The lowest BCUT2D eigenvalue weighted by Gasteiger charge is -2.04. The number of nitrogens with zero attached hydrogens (tertiary/aromatic N) is 2. The zero-order valence-electron chi connectivity index (χ0n) is 10.9. The summed E-state index contributed by atoms with van der Waals surface area (Å²) in [6.07, 6.45) is 0. The first-order valence-electron chi connectivity index (χ1n) is 5.66. The number of rotatable bonds is 2. The van der Waals surface area contributed by atoms with E-state index in [-0.39, 0.29) is 5.82 Å². The van der Waals surface area contributed by atoms with Gasteiger partial charge in [-0.15, -0.1) is 0 Å². The zero-order valence-corrected chi connectivity index (χ0v) is 10.9. The van der Waals surface area contributed by atoms with Crippen molar-refractivity contribution in [2.24, 2.45) is 0 Å². The second kappa shape index (κ2) is 4.64. The van der Waals surface area contributed by atoms with E-state index < -0.39 is 5.97 Å². The Balaban J connectivity index is 2.49.